The Balaban J connectivity index is 1.32. The number of hydrogen-bond donors (Lipinski definition) is 2. The average Bonchev–Trinajstić information content (AvgIpc) is 2.83. The summed E-state index contributed by atoms with van der Waals surface area (Å²) in [6, 6.07) is 17.6. The number of anilines is 1. The Bertz CT molecular complexity index is 1090. The molecule has 1 fully saturated rings. The number of hydrogen-bond acceptors (Lipinski definition) is 6. The molecule has 0 spiro atoms. The topological polar surface area (TPSA) is 81.6 Å². The van der Waals surface area contributed by atoms with E-state index in [4.69, 9.17) is 0 Å². The standard InChI is InChI=1S/C26H31N5O2/c1-3-11-27-26(33)24-9-10-25(29-28-24)31-14-12-30(13-15-31)18-20-7-8-23(19(2)16-20)21-5-4-6-22(32)17-21/h4-10,16-17,32H,3,11-15,18H2,1-2H3,(H,27,33). The Morgan fingerprint density at radius 3 is 2.52 bits per heavy atom. The molecule has 1 saturated heterocycles. The number of rotatable bonds is 7. The molecule has 1 aromatic heterocycles. The van der Waals surface area contributed by atoms with Gasteiger partial charge in [0.25, 0.3) is 5.91 Å². The second-order valence-electron chi connectivity index (χ2n) is 8.50. The molecule has 1 amide bonds. The van der Waals surface area contributed by atoms with Crippen molar-refractivity contribution in [1.82, 2.24) is 20.4 Å². The largest absolute Gasteiger partial charge is 0.508 e. The Kier molecular flexibility index (Phi) is 7.19. The Hall–Kier alpha value is -3.45. The summed E-state index contributed by atoms with van der Waals surface area (Å²) in [5.74, 6) is 0.923. The van der Waals surface area contributed by atoms with Crippen LogP contribution in [0.5, 0.6) is 5.75 Å². The number of phenolic OH excluding ortho intramolecular Hbond substituents is 1. The number of nitrogens with one attached hydrogen (secondary N) is 1. The van der Waals surface area contributed by atoms with E-state index in [0.717, 1.165) is 56.1 Å². The molecule has 1 aliphatic heterocycles. The van der Waals surface area contributed by atoms with Crippen LogP contribution in [0, 0.1) is 6.92 Å². The first-order valence-corrected chi connectivity index (χ1v) is 11.5. The lowest BCUT2D eigenvalue weighted by atomic mass is 9.98. The number of nitrogens with zero attached hydrogens (tertiary/aromatic N) is 4. The molecule has 2 N–H and O–H groups in total. The highest BCUT2D eigenvalue weighted by atomic mass is 16.3. The third kappa shape index (κ3) is 5.68. The maximum Gasteiger partial charge on any atom is 0.271 e. The van der Waals surface area contributed by atoms with Crippen LogP contribution in [0.4, 0.5) is 5.82 Å². The van der Waals surface area contributed by atoms with Gasteiger partial charge < -0.3 is 15.3 Å². The van der Waals surface area contributed by atoms with Crippen molar-refractivity contribution in [2.24, 2.45) is 0 Å². The first-order valence-electron chi connectivity index (χ1n) is 11.5. The van der Waals surface area contributed by atoms with E-state index < -0.39 is 0 Å². The molecule has 0 atom stereocenters. The van der Waals surface area contributed by atoms with Crippen molar-refractivity contribution in [3.8, 4) is 16.9 Å². The fourth-order valence-corrected chi connectivity index (χ4v) is 4.16. The number of aromatic nitrogens is 2. The van der Waals surface area contributed by atoms with Crippen LogP contribution in [-0.2, 0) is 6.54 Å². The lowest BCUT2D eigenvalue weighted by molar-refractivity contribution is 0.0947. The number of aromatic hydroxyl groups is 1. The van der Waals surface area contributed by atoms with E-state index in [0.29, 0.717) is 12.2 Å². The van der Waals surface area contributed by atoms with Gasteiger partial charge in [-0.05, 0) is 59.9 Å². The maximum absolute atomic E-state index is 12.0. The molecule has 0 bridgehead atoms. The lowest BCUT2D eigenvalue weighted by Crippen LogP contribution is -2.46. The number of piperazine rings is 1. The van der Waals surface area contributed by atoms with Gasteiger partial charge in [-0.3, -0.25) is 9.69 Å². The van der Waals surface area contributed by atoms with Gasteiger partial charge in [0, 0.05) is 39.3 Å². The van der Waals surface area contributed by atoms with E-state index in [9.17, 15) is 9.90 Å². The smallest absolute Gasteiger partial charge is 0.271 e. The molecule has 0 radical (unpaired) electrons. The van der Waals surface area contributed by atoms with Gasteiger partial charge in [0.15, 0.2) is 11.5 Å². The monoisotopic (exact) mass is 445 g/mol. The zero-order valence-corrected chi connectivity index (χ0v) is 19.3. The summed E-state index contributed by atoms with van der Waals surface area (Å²) in [5.41, 5.74) is 5.02. The first-order chi connectivity index (χ1) is 16.0. The molecule has 1 aliphatic rings. The molecule has 7 heteroatoms. The molecule has 4 rings (SSSR count). The van der Waals surface area contributed by atoms with Gasteiger partial charge in [0.2, 0.25) is 0 Å². The van der Waals surface area contributed by atoms with Crippen molar-refractivity contribution in [3.05, 3.63) is 71.4 Å². The molecule has 2 aromatic carbocycles. The molecule has 33 heavy (non-hydrogen) atoms. The van der Waals surface area contributed by atoms with Crippen molar-refractivity contribution in [3.63, 3.8) is 0 Å². The number of benzene rings is 2. The van der Waals surface area contributed by atoms with E-state index >= 15 is 0 Å². The third-order valence-electron chi connectivity index (χ3n) is 5.97. The van der Waals surface area contributed by atoms with Gasteiger partial charge in [-0.15, -0.1) is 10.2 Å². The summed E-state index contributed by atoms with van der Waals surface area (Å²) >= 11 is 0. The number of phenols is 1. The molecular formula is C26H31N5O2. The van der Waals surface area contributed by atoms with Crippen molar-refractivity contribution < 1.29 is 9.90 Å². The summed E-state index contributed by atoms with van der Waals surface area (Å²) in [7, 11) is 0. The average molecular weight is 446 g/mol. The summed E-state index contributed by atoms with van der Waals surface area (Å²) < 4.78 is 0. The fraction of sp³-hybridized carbons (Fsp3) is 0.346. The van der Waals surface area contributed by atoms with Crippen molar-refractivity contribution in [2.75, 3.05) is 37.6 Å². The highest BCUT2D eigenvalue weighted by Crippen LogP contribution is 2.27. The van der Waals surface area contributed by atoms with E-state index in [1.165, 1.54) is 11.1 Å². The van der Waals surface area contributed by atoms with Crippen LogP contribution in [0.1, 0.15) is 35.0 Å². The molecule has 2 heterocycles. The van der Waals surface area contributed by atoms with Crippen LogP contribution in [0.2, 0.25) is 0 Å². The van der Waals surface area contributed by atoms with Crippen LogP contribution in [0.25, 0.3) is 11.1 Å². The predicted octanol–water partition coefficient (Wildman–Crippen LogP) is 3.62. The molecule has 0 unspecified atom stereocenters. The fourth-order valence-electron chi connectivity index (χ4n) is 4.16. The van der Waals surface area contributed by atoms with Crippen LogP contribution in [0.3, 0.4) is 0 Å². The minimum atomic E-state index is -0.175. The van der Waals surface area contributed by atoms with Gasteiger partial charge in [-0.25, -0.2) is 0 Å². The zero-order valence-electron chi connectivity index (χ0n) is 19.3. The minimum absolute atomic E-state index is 0.175. The van der Waals surface area contributed by atoms with Gasteiger partial charge in [0.1, 0.15) is 5.75 Å². The Labute approximate surface area is 195 Å². The highest BCUT2D eigenvalue weighted by molar-refractivity contribution is 5.92. The molecule has 0 saturated carbocycles. The second-order valence-corrected chi connectivity index (χ2v) is 8.50. The van der Waals surface area contributed by atoms with Gasteiger partial charge in [-0.2, -0.15) is 0 Å². The van der Waals surface area contributed by atoms with Crippen molar-refractivity contribution in [2.45, 2.75) is 26.8 Å². The van der Waals surface area contributed by atoms with Crippen molar-refractivity contribution >= 4 is 11.7 Å². The summed E-state index contributed by atoms with van der Waals surface area (Å²) in [5, 5.41) is 21.0. The summed E-state index contributed by atoms with van der Waals surface area (Å²) in [6.45, 7) is 9.29. The summed E-state index contributed by atoms with van der Waals surface area (Å²) in [4.78, 5) is 16.7. The van der Waals surface area contributed by atoms with Gasteiger partial charge in [0.05, 0.1) is 0 Å². The van der Waals surface area contributed by atoms with Crippen LogP contribution >= 0.6 is 0 Å². The van der Waals surface area contributed by atoms with E-state index in [1.807, 2.05) is 25.1 Å². The first kappa shape index (κ1) is 22.7. The van der Waals surface area contributed by atoms with Gasteiger partial charge in [-0.1, -0.05) is 37.3 Å². The zero-order chi connectivity index (χ0) is 23.2. The molecule has 172 valence electrons. The minimum Gasteiger partial charge on any atom is -0.508 e. The lowest BCUT2D eigenvalue weighted by Gasteiger charge is -2.35. The number of carbonyl (C=O) groups excluding carboxylic acids is 1. The SMILES string of the molecule is CCCNC(=O)c1ccc(N2CCN(Cc3ccc(-c4cccc(O)c4)c(C)c3)CC2)nn1. The normalized spacial score (nSPS) is 14.3. The number of carbonyl (C=O) groups is 1. The van der Waals surface area contributed by atoms with Crippen molar-refractivity contribution in [1.29, 1.82) is 0 Å². The molecule has 7 nitrogen and oxygen atoms in total. The molecule has 3 aromatic rings. The van der Waals surface area contributed by atoms with Crippen LogP contribution in [-0.4, -0.2) is 58.8 Å². The van der Waals surface area contributed by atoms with Crippen LogP contribution < -0.4 is 10.2 Å². The molecule has 0 aliphatic carbocycles. The highest BCUT2D eigenvalue weighted by Gasteiger charge is 2.19. The van der Waals surface area contributed by atoms with E-state index in [2.05, 4.69) is 50.4 Å². The van der Waals surface area contributed by atoms with E-state index in [-0.39, 0.29) is 11.7 Å². The van der Waals surface area contributed by atoms with Gasteiger partial charge >= 0.3 is 0 Å². The Morgan fingerprint density at radius 2 is 1.85 bits per heavy atom. The second kappa shape index (κ2) is 10.4. The quantitative estimate of drug-likeness (QED) is 0.578. The van der Waals surface area contributed by atoms with E-state index in [1.54, 1.807) is 18.2 Å². The molecular weight excluding hydrogens is 414 g/mol. The van der Waals surface area contributed by atoms with Crippen LogP contribution in [0.15, 0.2) is 54.6 Å². The number of amides is 1. The summed E-state index contributed by atoms with van der Waals surface area (Å²) in [6.07, 6.45) is 0.892. The Morgan fingerprint density at radius 1 is 1.03 bits per heavy atom. The number of aryl methyl sites for hydroxylation is 1. The third-order valence-corrected chi connectivity index (χ3v) is 5.97. The maximum atomic E-state index is 12.0. The predicted molar refractivity (Wildman–Crippen MR) is 130 cm³/mol.